The molecule has 0 radical (unpaired) electrons. The van der Waals surface area contributed by atoms with Crippen molar-refractivity contribution in [2.75, 3.05) is 5.32 Å². The maximum absolute atomic E-state index is 12.9. The van der Waals surface area contributed by atoms with Crippen molar-refractivity contribution in [1.29, 1.82) is 0 Å². The molecule has 2 N–H and O–H groups in total. The highest BCUT2D eigenvalue weighted by Crippen LogP contribution is 2.22. The van der Waals surface area contributed by atoms with Gasteiger partial charge in [0.05, 0.1) is 0 Å². The van der Waals surface area contributed by atoms with Crippen molar-refractivity contribution in [3.05, 3.63) is 90.2 Å². The number of nitrogens with one attached hydrogen (secondary N) is 2. The minimum absolute atomic E-state index is 0.234. The van der Waals surface area contributed by atoms with Crippen LogP contribution < -0.4 is 15.4 Å². The minimum Gasteiger partial charge on any atom is -0.457 e. The summed E-state index contributed by atoms with van der Waals surface area (Å²) < 4.78 is 18.5. The number of anilines is 1. The van der Waals surface area contributed by atoms with Gasteiger partial charge >= 0.3 is 0 Å². The molecule has 0 aliphatic heterocycles. The fourth-order valence-electron chi connectivity index (χ4n) is 2.45. The lowest BCUT2D eigenvalue weighted by Crippen LogP contribution is -2.27. The van der Waals surface area contributed by atoms with Crippen molar-refractivity contribution in [2.45, 2.75) is 13.0 Å². The van der Waals surface area contributed by atoms with E-state index in [1.54, 1.807) is 36.4 Å². The van der Waals surface area contributed by atoms with E-state index in [4.69, 9.17) is 4.74 Å². The van der Waals surface area contributed by atoms with E-state index in [0.29, 0.717) is 11.4 Å². The van der Waals surface area contributed by atoms with Crippen LogP contribution in [0.15, 0.2) is 78.9 Å². The number of hydrogen-bond donors (Lipinski definition) is 2. The zero-order valence-corrected chi connectivity index (χ0v) is 15.0. The average Bonchev–Trinajstić information content (AvgIpc) is 2.70. The van der Waals surface area contributed by atoms with E-state index in [-0.39, 0.29) is 18.8 Å². The Labute approximate surface area is 162 Å². The van der Waals surface area contributed by atoms with Gasteiger partial charge in [-0.2, -0.15) is 0 Å². The second kappa shape index (κ2) is 9.32. The molecule has 5 nitrogen and oxygen atoms in total. The van der Waals surface area contributed by atoms with Crippen molar-refractivity contribution in [3.63, 3.8) is 0 Å². The normalized spacial score (nSPS) is 10.2. The molecule has 6 heteroatoms. The summed E-state index contributed by atoms with van der Waals surface area (Å²) in [6, 6.07) is 22.0. The summed E-state index contributed by atoms with van der Waals surface area (Å²) in [6.07, 6.45) is -0.302. The van der Waals surface area contributed by atoms with Gasteiger partial charge < -0.3 is 15.4 Å². The number of carbonyl (C=O) groups is 2. The Bertz CT molecular complexity index is 926. The van der Waals surface area contributed by atoms with Crippen LogP contribution in [0.25, 0.3) is 0 Å². The Kier molecular flexibility index (Phi) is 6.36. The van der Waals surface area contributed by atoms with Crippen molar-refractivity contribution in [1.82, 2.24) is 5.32 Å². The maximum atomic E-state index is 12.9. The quantitative estimate of drug-likeness (QED) is 0.604. The van der Waals surface area contributed by atoms with E-state index in [1.165, 1.54) is 12.1 Å². The third kappa shape index (κ3) is 5.95. The summed E-state index contributed by atoms with van der Waals surface area (Å²) in [5, 5.41) is 5.29. The maximum Gasteiger partial charge on any atom is 0.233 e. The first kappa shape index (κ1) is 19.1. The van der Waals surface area contributed by atoms with E-state index >= 15 is 0 Å². The van der Waals surface area contributed by atoms with Crippen molar-refractivity contribution in [3.8, 4) is 11.5 Å². The number of benzene rings is 3. The molecule has 0 unspecified atom stereocenters. The summed E-state index contributed by atoms with van der Waals surface area (Å²) in [5.74, 6) is 0.187. The molecule has 3 aromatic carbocycles. The lowest BCUT2D eigenvalue weighted by molar-refractivity contribution is -0.126. The first-order valence-electron chi connectivity index (χ1n) is 8.72. The minimum atomic E-state index is -0.423. The second-order valence-corrected chi connectivity index (χ2v) is 6.07. The van der Waals surface area contributed by atoms with Crippen LogP contribution in [0.1, 0.15) is 12.0 Å². The molecule has 0 atom stereocenters. The summed E-state index contributed by atoms with van der Waals surface area (Å²) in [6.45, 7) is 0.234. The van der Waals surface area contributed by atoms with Gasteiger partial charge in [-0.05, 0) is 54.1 Å². The molecule has 28 heavy (non-hydrogen) atoms. The lowest BCUT2D eigenvalue weighted by atomic mass is 10.2. The molecule has 142 valence electrons. The fraction of sp³-hybridized carbons (Fsp3) is 0.0909. The largest absolute Gasteiger partial charge is 0.457 e. The first-order chi connectivity index (χ1) is 13.6. The molecule has 0 saturated carbocycles. The Balaban J connectivity index is 1.44. The van der Waals surface area contributed by atoms with Gasteiger partial charge in [-0.3, -0.25) is 9.59 Å². The van der Waals surface area contributed by atoms with E-state index in [1.807, 2.05) is 30.3 Å². The molecule has 0 saturated heterocycles. The molecule has 0 aliphatic rings. The number of para-hydroxylation sites is 1. The third-order valence-corrected chi connectivity index (χ3v) is 3.84. The smallest absolute Gasteiger partial charge is 0.233 e. The predicted molar refractivity (Wildman–Crippen MR) is 104 cm³/mol. The molecule has 2 amide bonds. The van der Waals surface area contributed by atoms with Gasteiger partial charge in [0.15, 0.2) is 0 Å². The summed E-state index contributed by atoms with van der Waals surface area (Å²) in [7, 11) is 0. The first-order valence-corrected chi connectivity index (χ1v) is 8.72. The molecule has 0 spiro atoms. The van der Waals surface area contributed by atoms with E-state index in [0.717, 1.165) is 11.3 Å². The topological polar surface area (TPSA) is 67.4 Å². The lowest BCUT2D eigenvalue weighted by Gasteiger charge is -2.09. The van der Waals surface area contributed by atoms with Gasteiger partial charge in [-0.15, -0.1) is 0 Å². The predicted octanol–water partition coefficient (Wildman–Crippen LogP) is 4.26. The Morgan fingerprint density at radius 3 is 2.11 bits per heavy atom. The van der Waals surface area contributed by atoms with Crippen LogP contribution in [0.3, 0.4) is 0 Å². The number of rotatable bonds is 7. The third-order valence-electron chi connectivity index (χ3n) is 3.84. The Morgan fingerprint density at radius 1 is 0.786 bits per heavy atom. The van der Waals surface area contributed by atoms with Crippen LogP contribution in [0.4, 0.5) is 10.1 Å². The standard InChI is InChI=1S/C22H19FN2O3/c23-17-8-6-16(7-9-17)15-24-21(26)14-22(27)25-18-10-12-20(13-11-18)28-19-4-2-1-3-5-19/h1-13H,14-15H2,(H,24,26)(H,25,27). The number of hydrogen-bond acceptors (Lipinski definition) is 3. The molecule has 0 bridgehead atoms. The molecule has 0 aromatic heterocycles. The Hall–Kier alpha value is -3.67. The molecule has 0 heterocycles. The van der Waals surface area contributed by atoms with Crippen LogP contribution in [0.2, 0.25) is 0 Å². The van der Waals surface area contributed by atoms with Crippen LogP contribution in [0, 0.1) is 5.82 Å². The highest BCUT2D eigenvalue weighted by molar-refractivity contribution is 6.03. The number of carbonyl (C=O) groups excluding carboxylic acids is 2. The molecule has 0 aliphatic carbocycles. The number of halogens is 1. The zero-order chi connectivity index (χ0) is 19.8. The summed E-state index contributed by atoms with van der Waals surface area (Å²) >= 11 is 0. The average molecular weight is 378 g/mol. The zero-order valence-electron chi connectivity index (χ0n) is 15.0. The monoisotopic (exact) mass is 378 g/mol. The van der Waals surface area contributed by atoms with Gasteiger partial charge in [0, 0.05) is 12.2 Å². The van der Waals surface area contributed by atoms with Crippen LogP contribution in [-0.2, 0) is 16.1 Å². The van der Waals surface area contributed by atoms with Gasteiger partial charge in [0.25, 0.3) is 0 Å². The van der Waals surface area contributed by atoms with Crippen molar-refractivity contribution < 1.29 is 18.7 Å². The second-order valence-electron chi connectivity index (χ2n) is 6.07. The number of ether oxygens (including phenoxy) is 1. The summed E-state index contributed by atoms with van der Waals surface area (Å²) in [5.41, 5.74) is 1.32. The van der Waals surface area contributed by atoms with Crippen molar-refractivity contribution in [2.24, 2.45) is 0 Å². The Morgan fingerprint density at radius 2 is 1.43 bits per heavy atom. The van der Waals surface area contributed by atoms with Crippen LogP contribution in [0.5, 0.6) is 11.5 Å². The van der Waals surface area contributed by atoms with Crippen LogP contribution in [-0.4, -0.2) is 11.8 Å². The van der Waals surface area contributed by atoms with Gasteiger partial charge in [-0.1, -0.05) is 30.3 Å². The highest BCUT2D eigenvalue weighted by atomic mass is 19.1. The fourth-order valence-corrected chi connectivity index (χ4v) is 2.45. The highest BCUT2D eigenvalue weighted by Gasteiger charge is 2.10. The molecule has 0 fully saturated rings. The number of amides is 2. The van der Waals surface area contributed by atoms with E-state index in [2.05, 4.69) is 10.6 Å². The van der Waals surface area contributed by atoms with Gasteiger partial charge in [0.2, 0.25) is 11.8 Å². The van der Waals surface area contributed by atoms with E-state index in [9.17, 15) is 14.0 Å². The molecular formula is C22H19FN2O3. The molecule has 3 rings (SSSR count). The van der Waals surface area contributed by atoms with Gasteiger partial charge in [0.1, 0.15) is 23.7 Å². The molecule has 3 aromatic rings. The SMILES string of the molecule is O=C(CC(=O)Nc1ccc(Oc2ccccc2)cc1)NCc1ccc(F)cc1. The van der Waals surface area contributed by atoms with Crippen LogP contribution >= 0.6 is 0 Å². The molecular weight excluding hydrogens is 359 g/mol. The summed E-state index contributed by atoms with van der Waals surface area (Å²) in [4.78, 5) is 23.9. The van der Waals surface area contributed by atoms with Crippen molar-refractivity contribution >= 4 is 17.5 Å². The van der Waals surface area contributed by atoms with Gasteiger partial charge in [-0.25, -0.2) is 4.39 Å². The van der Waals surface area contributed by atoms with E-state index < -0.39 is 11.8 Å².